The van der Waals surface area contributed by atoms with Gasteiger partial charge in [-0.15, -0.1) is 0 Å². The number of alkyl halides is 3. The van der Waals surface area contributed by atoms with E-state index in [1.165, 1.54) is 6.92 Å². The van der Waals surface area contributed by atoms with Crippen molar-refractivity contribution < 1.29 is 37.7 Å². The first-order chi connectivity index (χ1) is 8.97. The molecule has 0 aromatic rings. The smallest absolute Gasteiger partial charge is 0.414 e. The summed E-state index contributed by atoms with van der Waals surface area (Å²) in [5.41, 5.74) is -2.40. The summed E-state index contributed by atoms with van der Waals surface area (Å²) in [6.45, 7) is 4.39. The summed E-state index contributed by atoms with van der Waals surface area (Å²) in [5, 5.41) is 18.3. The molecule has 5 nitrogen and oxygen atoms in total. The Balaban J connectivity index is 5.51. The predicted octanol–water partition coefficient (Wildman–Crippen LogP) is 1.98. The standard InChI is InChI=1S/C12H19F3O5/c1-4-20-10(19)11(9(17)18,5-7(2)3)6-8(16)12(13,14)15/h7-8,16H,4-6H2,1-3H3,(H,17,18). The topological polar surface area (TPSA) is 83.8 Å². The third-order valence-corrected chi connectivity index (χ3v) is 2.75. The molecular formula is C12H19F3O5. The number of carbonyl (C=O) groups is 2. The molecule has 0 aliphatic rings. The van der Waals surface area contributed by atoms with Crippen LogP contribution in [0.15, 0.2) is 0 Å². The van der Waals surface area contributed by atoms with Gasteiger partial charge in [-0.25, -0.2) is 0 Å². The summed E-state index contributed by atoms with van der Waals surface area (Å²) in [4.78, 5) is 23.2. The molecule has 0 spiro atoms. The molecule has 0 aliphatic carbocycles. The fraction of sp³-hybridized carbons (Fsp3) is 0.833. The van der Waals surface area contributed by atoms with Gasteiger partial charge in [0.15, 0.2) is 11.5 Å². The quantitative estimate of drug-likeness (QED) is 0.555. The first-order valence-electron chi connectivity index (χ1n) is 6.12. The van der Waals surface area contributed by atoms with Gasteiger partial charge in [0.25, 0.3) is 0 Å². The van der Waals surface area contributed by atoms with Gasteiger partial charge < -0.3 is 14.9 Å². The first-order valence-corrected chi connectivity index (χ1v) is 6.12. The molecule has 20 heavy (non-hydrogen) atoms. The largest absolute Gasteiger partial charge is 0.480 e. The van der Waals surface area contributed by atoms with Crippen LogP contribution in [0.2, 0.25) is 0 Å². The molecule has 0 saturated carbocycles. The molecule has 0 fully saturated rings. The van der Waals surface area contributed by atoms with Crippen molar-refractivity contribution in [1.29, 1.82) is 0 Å². The fourth-order valence-corrected chi connectivity index (χ4v) is 1.92. The van der Waals surface area contributed by atoms with Crippen LogP contribution < -0.4 is 0 Å². The molecule has 0 aromatic heterocycles. The number of aliphatic hydroxyl groups excluding tert-OH is 1. The Hall–Kier alpha value is -1.31. The van der Waals surface area contributed by atoms with Crippen molar-refractivity contribution in [2.75, 3.05) is 6.61 Å². The lowest BCUT2D eigenvalue weighted by atomic mass is 9.75. The zero-order valence-corrected chi connectivity index (χ0v) is 11.5. The molecule has 0 aromatic carbocycles. The van der Waals surface area contributed by atoms with E-state index in [2.05, 4.69) is 4.74 Å². The number of carboxylic acids is 1. The van der Waals surface area contributed by atoms with Gasteiger partial charge in [0.05, 0.1) is 6.61 Å². The molecule has 0 radical (unpaired) electrons. The van der Waals surface area contributed by atoms with Gasteiger partial charge in [-0.1, -0.05) is 13.8 Å². The highest BCUT2D eigenvalue weighted by Crippen LogP contribution is 2.38. The molecule has 2 atom stereocenters. The number of hydrogen-bond donors (Lipinski definition) is 2. The SMILES string of the molecule is CCOC(=O)C(CC(C)C)(CC(O)C(F)(F)F)C(=O)O. The fourth-order valence-electron chi connectivity index (χ4n) is 1.92. The third-order valence-electron chi connectivity index (χ3n) is 2.75. The van der Waals surface area contributed by atoms with E-state index in [0.29, 0.717) is 0 Å². The Labute approximate surface area is 114 Å². The number of aliphatic hydroxyl groups is 1. The van der Waals surface area contributed by atoms with E-state index in [-0.39, 0.29) is 18.9 Å². The number of esters is 1. The minimum atomic E-state index is -5.00. The van der Waals surface area contributed by atoms with Crippen LogP contribution >= 0.6 is 0 Å². The van der Waals surface area contributed by atoms with Crippen molar-refractivity contribution in [3.63, 3.8) is 0 Å². The average molecular weight is 300 g/mol. The van der Waals surface area contributed by atoms with Crippen LogP contribution in [0, 0.1) is 11.3 Å². The van der Waals surface area contributed by atoms with Crippen molar-refractivity contribution in [3.8, 4) is 0 Å². The van der Waals surface area contributed by atoms with Crippen LogP contribution in [0.4, 0.5) is 13.2 Å². The molecule has 0 heterocycles. The van der Waals surface area contributed by atoms with E-state index >= 15 is 0 Å². The number of rotatable bonds is 7. The zero-order chi connectivity index (χ0) is 16.1. The third kappa shape index (κ3) is 4.66. The number of carboxylic acid groups (broad SMARTS) is 1. The lowest BCUT2D eigenvalue weighted by Gasteiger charge is -2.31. The number of aliphatic carboxylic acids is 1. The van der Waals surface area contributed by atoms with Crippen molar-refractivity contribution in [2.24, 2.45) is 11.3 Å². The number of ether oxygens (including phenoxy) is 1. The van der Waals surface area contributed by atoms with Gasteiger partial charge in [0.2, 0.25) is 0 Å². The molecule has 8 heteroatoms. The van der Waals surface area contributed by atoms with Gasteiger partial charge >= 0.3 is 18.1 Å². The van der Waals surface area contributed by atoms with Crippen molar-refractivity contribution >= 4 is 11.9 Å². The zero-order valence-electron chi connectivity index (χ0n) is 11.5. The summed E-state index contributed by atoms with van der Waals surface area (Å²) >= 11 is 0. The number of carbonyl (C=O) groups excluding carboxylic acids is 1. The highest BCUT2D eigenvalue weighted by molar-refractivity contribution is 5.99. The summed E-state index contributed by atoms with van der Waals surface area (Å²) < 4.78 is 41.9. The first kappa shape index (κ1) is 18.7. The maximum Gasteiger partial charge on any atom is 0.414 e. The molecule has 2 N–H and O–H groups in total. The van der Waals surface area contributed by atoms with Crippen LogP contribution in [0.25, 0.3) is 0 Å². The second kappa shape index (κ2) is 6.92. The molecule has 0 saturated heterocycles. The van der Waals surface area contributed by atoms with Crippen LogP contribution in [-0.4, -0.2) is 41.0 Å². The second-order valence-corrected chi connectivity index (χ2v) is 4.97. The predicted molar refractivity (Wildman–Crippen MR) is 62.8 cm³/mol. The molecule has 0 rings (SSSR count). The van der Waals surface area contributed by atoms with Crippen molar-refractivity contribution in [2.45, 2.75) is 45.9 Å². The normalized spacial score (nSPS) is 16.6. The van der Waals surface area contributed by atoms with Crippen LogP contribution in [0.1, 0.15) is 33.6 Å². The van der Waals surface area contributed by atoms with E-state index in [1.807, 2.05) is 0 Å². The van der Waals surface area contributed by atoms with E-state index in [1.54, 1.807) is 13.8 Å². The van der Waals surface area contributed by atoms with Crippen molar-refractivity contribution in [1.82, 2.24) is 0 Å². The van der Waals surface area contributed by atoms with Crippen molar-refractivity contribution in [3.05, 3.63) is 0 Å². The Morgan fingerprint density at radius 2 is 1.70 bits per heavy atom. The molecule has 0 amide bonds. The van der Waals surface area contributed by atoms with Gasteiger partial charge in [0.1, 0.15) is 0 Å². The average Bonchev–Trinajstić information content (AvgIpc) is 2.25. The summed E-state index contributed by atoms with van der Waals surface area (Å²) in [5.74, 6) is -3.35. The molecule has 0 aliphatic heterocycles. The maximum atomic E-state index is 12.4. The summed E-state index contributed by atoms with van der Waals surface area (Å²) in [6.07, 6.45) is -9.51. The highest BCUT2D eigenvalue weighted by Gasteiger charge is 2.53. The maximum absolute atomic E-state index is 12.4. The lowest BCUT2D eigenvalue weighted by molar-refractivity contribution is -0.217. The highest BCUT2D eigenvalue weighted by atomic mass is 19.4. The lowest BCUT2D eigenvalue weighted by Crippen LogP contribution is -2.47. The van der Waals surface area contributed by atoms with Gasteiger partial charge in [-0.2, -0.15) is 13.2 Å². The minimum absolute atomic E-state index is 0.159. The summed E-state index contributed by atoms with van der Waals surface area (Å²) in [7, 11) is 0. The second-order valence-electron chi connectivity index (χ2n) is 4.97. The van der Waals surface area contributed by atoms with E-state index in [4.69, 9.17) is 5.11 Å². The Kier molecular flexibility index (Phi) is 6.46. The van der Waals surface area contributed by atoms with E-state index < -0.39 is 36.1 Å². The summed E-state index contributed by atoms with van der Waals surface area (Å²) in [6, 6.07) is 0. The van der Waals surface area contributed by atoms with E-state index in [9.17, 15) is 27.9 Å². The van der Waals surface area contributed by atoms with Gasteiger partial charge in [0, 0.05) is 6.42 Å². The number of halogens is 3. The van der Waals surface area contributed by atoms with E-state index in [0.717, 1.165) is 0 Å². The molecular weight excluding hydrogens is 281 g/mol. The molecule has 118 valence electrons. The molecule has 2 unspecified atom stereocenters. The Morgan fingerprint density at radius 1 is 1.20 bits per heavy atom. The minimum Gasteiger partial charge on any atom is -0.480 e. The van der Waals surface area contributed by atoms with Gasteiger partial charge in [-0.3, -0.25) is 9.59 Å². The monoisotopic (exact) mass is 300 g/mol. The van der Waals surface area contributed by atoms with Crippen LogP contribution in [-0.2, 0) is 14.3 Å². The Morgan fingerprint density at radius 3 is 2.00 bits per heavy atom. The van der Waals surface area contributed by atoms with Gasteiger partial charge in [-0.05, 0) is 19.3 Å². The van der Waals surface area contributed by atoms with Crippen LogP contribution in [0.5, 0.6) is 0 Å². The molecule has 0 bridgehead atoms. The number of hydrogen-bond acceptors (Lipinski definition) is 4. The van der Waals surface area contributed by atoms with Crippen LogP contribution in [0.3, 0.4) is 0 Å². The Bertz CT molecular complexity index is 353.